The van der Waals surface area contributed by atoms with Crippen molar-refractivity contribution in [2.45, 2.75) is 18.7 Å². The second-order valence-corrected chi connectivity index (χ2v) is 6.37. The van der Waals surface area contributed by atoms with E-state index in [4.69, 9.17) is 18.0 Å². The molecule has 0 fully saturated rings. The Bertz CT molecular complexity index is 539. The number of hydrogen-bond acceptors (Lipinski definition) is 5. The Hall–Kier alpha value is -1.09. The molecule has 8 heteroatoms. The van der Waals surface area contributed by atoms with Crippen LogP contribution in [0.3, 0.4) is 0 Å². The molecule has 3 N–H and O–H groups in total. The van der Waals surface area contributed by atoms with Gasteiger partial charge in [0, 0.05) is 19.3 Å². The quantitative estimate of drug-likeness (QED) is 0.672. The standard InChI is InChI=1S/C12H20N4O2S2/c1-3-16(4-2)8-7-15-20(17,18)10-5-6-11(12(13)19)14-9-10/h5-6,9,15H,3-4,7-8H2,1-2H3,(H2,13,19). The molecule has 0 aliphatic heterocycles. The van der Waals surface area contributed by atoms with Crippen molar-refractivity contribution in [3.8, 4) is 0 Å². The van der Waals surface area contributed by atoms with Crippen LogP contribution in [-0.2, 0) is 10.0 Å². The van der Waals surface area contributed by atoms with E-state index in [1.165, 1.54) is 18.3 Å². The summed E-state index contributed by atoms with van der Waals surface area (Å²) in [5, 5.41) is 0. The second-order valence-electron chi connectivity index (χ2n) is 4.17. The van der Waals surface area contributed by atoms with Gasteiger partial charge in [0.1, 0.15) is 9.88 Å². The van der Waals surface area contributed by atoms with Gasteiger partial charge in [0.05, 0.1) is 5.69 Å². The number of pyridine rings is 1. The molecular weight excluding hydrogens is 296 g/mol. The van der Waals surface area contributed by atoms with Crippen LogP contribution in [0.25, 0.3) is 0 Å². The average molecular weight is 316 g/mol. The van der Waals surface area contributed by atoms with Crippen molar-refractivity contribution in [3.63, 3.8) is 0 Å². The van der Waals surface area contributed by atoms with E-state index in [9.17, 15) is 8.42 Å². The summed E-state index contributed by atoms with van der Waals surface area (Å²) < 4.78 is 26.6. The summed E-state index contributed by atoms with van der Waals surface area (Å²) in [6.07, 6.45) is 1.26. The lowest BCUT2D eigenvalue weighted by molar-refractivity contribution is 0.309. The van der Waals surface area contributed by atoms with Crippen molar-refractivity contribution in [1.82, 2.24) is 14.6 Å². The minimum atomic E-state index is -3.54. The predicted octanol–water partition coefficient (Wildman–Crippen LogP) is 0.336. The van der Waals surface area contributed by atoms with E-state index in [2.05, 4.69) is 14.6 Å². The van der Waals surface area contributed by atoms with E-state index in [1.54, 1.807) is 0 Å². The number of rotatable bonds is 8. The van der Waals surface area contributed by atoms with Gasteiger partial charge >= 0.3 is 0 Å². The molecule has 112 valence electrons. The van der Waals surface area contributed by atoms with Crippen molar-refractivity contribution in [1.29, 1.82) is 0 Å². The smallest absolute Gasteiger partial charge is 0.242 e. The Morgan fingerprint density at radius 3 is 2.50 bits per heavy atom. The molecule has 0 radical (unpaired) electrons. The lowest BCUT2D eigenvalue weighted by Gasteiger charge is -2.17. The number of nitrogens with one attached hydrogen (secondary N) is 1. The first kappa shape index (κ1) is 17.0. The molecule has 0 unspecified atom stereocenters. The molecule has 20 heavy (non-hydrogen) atoms. The van der Waals surface area contributed by atoms with Gasteiger partial charge in [-0.3, -0.25) is 4.98 Å². The highest BCUT2D eigenvalue weighted by molar-refractivity contribution is 7.89. The number of aromatic nitrogens is 1. The maximum Gasteiger partial charge on any atom is 0.242 e. The molecule has 0 saturated carbocycles. The molecule has 0 aliphatic rings. The third-order valence-electron chi connectivity index (χ3n) is 2.91. The Morgan fingerprint density at radius 1 is 1.40 bits per heavy atom. The summed E-state index contributed by atoms with van der Waals surface area (Å²) in [7, 11) is -3.54. The van der Waals surface area contributed by atoms with Crippen LogP contribution >= 0.6 is 12.2 Å². The molecule has 1 aromatic heterocycles. The van der Waals surface area contributed by atoms with Crippen molar-refractivity contribution >= 4 is 27.2 Å². The largest absolute Gasteiger partial charge is 0.388 e. The highest BCUT2D eigenvalue weighted by Crippen LogP contribution is 2.07. The number of nitrogens with zero attached hydrogens (tertiary/aromatic N) is 2. The van der Waals surface area contributed by atoms with E-state index in [-0.39, 0.29) is 9.88 Å². The molecule has 1 aromatic rings. The predicted molar refractivity (Wildman–Crippen MR) is 83.1 cm³/mol. The molecule has 1 heterocycles. The summed E-state index contributed by atoms with van der Waals surface area (Å²) in [5.41, 5.74) is 5.82. The minimum Gasteiger partial charge on any atom is -0.388 e. The SMILES string of the molecule is CCN(CC)CCNS(=O)(=O)c1ccc(C(N)=S)nc1. The normalized spacial score (nSPS) is 11.8. The van der Waals surface area contributed by atoms with Gasteiger partial charge in [-0.05, 0) is 25.2 Å². The number of hydrogen-bond donors (Lipinski definition) is 2. The highest BCUT2D eigenvalue weighted by atomic mass is 32.2. The molecule has 0 aromatic carbocycles. The van der Waals surface area contributed by atoms with E-state index < -0.39 is 10.0 Å². The first-order valence-corrected chi connectivity index (χ1v) is 8.27. The van der Waals surface area contributed by atoms with E-state index in [1.807, 2.05) is 13.8 Å². The monoisotopic (exact) mass is 316 g/mol. The molecule has 0 saturated heterocycles. The van der Waals surface area contributed by atoms with Gasteiger partial charge in [0.15, 0.2) is 0 Å². The average Bonchev–Trinajstić information content (AvgIpc) is 2.43. The van der Waals surface area contributed by atoms with Gasteiger partial charge in [-0.15, -0.1) is 0 Å². The van der Waals surface area contributed by atoms with E-state index in [0.29, 0.717) is 18.8 Å². The third kappa shape index (κ3) is 4.78. The van der Waals surface area contributed by atoms with Crippen LogP contribution in [0.2, 0.25) is 0 Å². The lowest BCUT2D eigenvalue weighted by Crippen LogP contribution is -2.34. The molecule has 0 bridgehead atoms. The molecule has 0 spiro atoms. The maximum absolute atomic E-state index is 12.0. The zero-order valence-electron chi connectivity index (χ0n) is 11.7. The van der Waals surface area contributed by atoms with Crippen molar-refractivity contribution in [3.05, 3.63) is 24.0 Å². The fourth-order valence-corrected chi connectivity index (χ4v) is 2.73. The van der Waals surface area contributed by atoms with Crippen LogP contribution in [-0.4, -0.2) is 49.5 Å². The Morgan fingerprint density at radius 2 is 2.05 bits per heavy atom. The molecule has 0 aliphatic carbocycles. The zero-order chi connectivity index (χ0) is 15.2. The van der Waals surface area contributed by atoms with Crippen LogP contribution in [0.5, 0.6) is 0 Å². The zero-order valence-corrected chi connectivity index (χ0v) is 13.3. The summed E-state index contributed by atoms with van der Waals surface area (Å²) in [6, 6.07) is 2.95. The summed E-state index contributed by atoms with van der Waals surface area (Å²) in [6.45, 7) is 6.89. The van der Waals surface area contributed by atoms with Gasteiger partial charge in [0.25, 0.3) is 0 Å². The summed E-state index contributed by atoms with van der Waals surface area (Å²) >= 11 is 4.77. The number of thiocarbonyl (C=S) groups is 1. The van der Waals surface area contributed by atoms with Crippen LogP contribution in [0.1, 0.15) is 19.5 Å². The lowest BCUT2D eigenvalue weighted by atomic mass is 10.3. The Balaban J connectivity index is 2.66. The third-order valence-corrected chi connectivity index (χ3v) is 4.57. The van der Waals surface area contributed by atoms with Gasteiger partial charge in [0.2, 0.25) is 10.0 Å². The molecule has 0 atom stereocenters. The van der Waals surface area contributed by atoms with Gasteiger partial charge < -0.3 is 10.6 Å². The number of sulfonamides is 1. The number of nitrogens with two attached hydrogens (primary N) is 1. The van der Waals surface area contributed by atoms with Crippen LogP contribution in [0.15, 0.2) is 23.2 Å². The fourth-order valence-electron chi connectivity index (χ4n) is 1.65. The topological polar surface area (TPSA) is 88.3 Å². The molecular formula is C12H20N4O2S2. The highest BCUT2D eigenvalue weighted by Gasteiger charge is 2.14. The van der Waals surface area contributed by atoms with E-state index >= 15 is 0 Å². The van der Waals surface area contributed by atoms with Gasteiger partial charge in [-0.25, -0.2) is 13.1 Å². The Kier molecular flexibility index (Phi) is 6.47. The molecule has 6 nitrogen and oxygen atoms in total. The van der Waals surface area contributed by atoms with Crippen LogP contribution in [0.4, 0.5) is 0 Å². The second kappa shape index (κ2) is 7.63. The van der Waals surface area contributed by atoms with E-state index in [0.717, 1.165) is 13.1 Å². The maximum atomic E-state index is 12.0. The van der Waals surface area contributed by atoms with Crippen molar-refractivity contribution in [2.75, 3.05) is 26.2 Å². The van der Waals surface area contributed by atoms with Crippen molar-refractivity contribution < 1.29 is 8.42 Å². The van der Waals surface area contributed by atoms with Crippen molar-refractivity contribution in [2.24, 2.45) is 5.73 Å². The first-order chi connectivity index (χ1) is 9.40. The van der Waals surface area contributed by atoms with Gasteiger partial charge in [-0.2, -0.15) is 0 Å². The molecule has 0 amide bonds. The summed E-state index contributed by atoms with van der Waals surface area (Å²) in [5.74, 6) is 0. The Labute approximate surface area is 125 Å². The van der Waals surface area contributed by atoms with Gasteiger partial charge in [-0.1, -0.05) is 26.1 Å². The minimum absolute atomic E-state index is 0.108. The first-order valence-electron chi connectivity index (χ1n) is 6.38. The van der Waals surface area contributed by atoms with Crippen LogP contribution in [0, 0.1) is 0 Å². The molecule has 1 rings (SSSR count). The van der Waals surface area contributed by atoms with Crippen LogP contribution < -0.4 is 10.5 Å². The fraction of sp³-hybridized carbons (Fsp3) is 0.500. The summed E-state index contributed by atoms with van der Waals surface area (Å²) in [4.78, 5) is 6.31. The number of likely N-dealkylation sites (N-methyl/N-ethyl adjacent to an activating group) is 1.